The molecule has 5 rings (SSSR count). The van der Waals surface area contributed by atoms with Gasteiger partial charge in [-0.1, -0.05) is 53.8 Å². The maximum Gasteiger partial charge on any atom is 0.338 e. The predicted octanol–water partition coefficient (Wildman–Crippen LogP) is 3.84. The minimum atomic E-state index is -0.658. The van der Waals surface area contributed by atoms with Gasteiger partial charge in [-0.3, -0.25) is 9.36 Å². The Bertz CT molecular complexity index is 1730. The van der Waals surface area contributed by atoms with Gasteiger partial charge >= 0.3 is 11.9 Å². The van der Waals surface area contributed by atoms with E-state index in [0.29, 0.717) is 37.7 Å². The van der Waals surface area contributed by atoms with E-state index in [1.165, 1.54) is 18.4 Å². The standard InChI is InChI=1S/C29H24N2O6S/c1-4-36-28(34)24-17(2)30-29-31(25(24)19-8-6-5-7-9-19)26(32)23(38-29)16-21-14-15-22(37-21)18-10-12-20(13-11-18)27(33)35-3/h5-16,25H,4H2,1-3H3/b23-16-/t25-/m1/s1. The van der Waals surface area contributed by atoms with Gasteiger partial charge < -0.3 is 13.9 Å². The number of hydrogen-bond acceptors (Lipinski definition) is 8. The first-order valence-electron chi connectivity index (χ1n) is 11.9. The van der Waals surface area contributed by atoms with Crippen LogP contribution in [0, 0.1) is 0 Å². The summed E-state index contributed by atoms with van der Waals surface area (Å²) in [5.74, 6) is 0.163. The molecule has 0 N–H and O–H groups in total. The van der Waals surface area contributed by atoms with E-state index >= 15 is 0 Å². The lowest BCUT2D eigenvalue weighted by molar-refractivity contribution is -0.139. The number of esters is 2. The molecule has 0 bridgehead atoms. The van der Waals surface area contributed by atoms with Crippen molar-refractivity contribution in [1.82, 2.24) is 4.57 Å². The van der Waals surface area contributed by atoms with Crippen molar-refractivity contribution in [3.63, 3.8) is 0 Å². The van der Waals surface area contributed by atoms with Crippen LogP contribution < -0.4 is 14.9 Å². The topological polar surface area (TPSA) is 100 Å². The van der Waals surface area contributed by atoms with Crippen LogP contribution in [0.1, 0.15) is 41.6 Å². The van der Waals surface area contributed by atoms with Crippen LogP contribution in [0.3, 0.4) is 0 Å². The van der Waals surface area contributed by atoms with Gasteiger partial charge in [-0.25, -0.2) is 14.6 Å². The summed E-state index contributed by atoms with van der Waals surface area (Å²) >= 11 is 1.23. The van der Waals surface area contributed by atoms with Gasteiger partial charge in [0.2, 0.25) is 0 Å². The number of allylic oxidation sites excluding steroid dienone is 1. The smallest absolute Gasteiger partial charge is 0.338 e. The molecule has 192 valence electrons. The molecule has 0 fully saturated rings. The van der Waals surface area contributed by atoms with Crippen LogP contribution in [0.4, 0.5) is 0 Å². The maximum atomic E-state index is 13.7. The number of carbonyl (C=O) groups excluding carboxylic acids is 2. The van der Waals surface area contributed by atoms with Crippen molar-refractivity contribution in [3.05, 3.63) is 115 Å². The Kier molecular flexibility index (Phi) is 6.93. The van der Waals surface area contributed by atoms with E-state index in [4.69, 9.17) is 13.9 Å². The summed E-state index contributed by atoms with van der Waals surface area (Å²) in [6.45, 7) is 3.71. The second kappa shape index (κ2) is 10.5. The van der Waals surface area contributed by atoms with Gasteiger partial charge in [-0.15, -0.1) is 0 Å². The number of nitrogens with zero attached hydrogens (tertiary/aromatic N) is 2. The molecular formula is C29H24N2O6S. The molecule has 0 saturated heterocycles. The van der Waals surface area contributed by atoms with Crippen LogP contribution in [0.15, 0.2) is 92.2 Å². The molecule has 0 aliphatic carbocycles. The highest BCUT2D eigenvalue weighted by Gasteiger charge is 2.33. The highest BCUT2D eigenvalue weighted by Crippen LogP contribution is 2.30. The average Bonchev–Trinajstić information content (AvgIpc) is 3.52. The minimum Gasteiger partial charge on any atom is -0.465 e. The average molecular weight is 529 g/mol. The van der Waals surface area contributed by atoms with Crippen molar-refractivity contribution in [2.75, 3.05) is 13.7 Å². The zero-order chi connectivity index (χ0) is 26.8. The van der Waals surface area contributed by atoms with Gasteiger partial charge in [0.05, 0.1) is 41.1 Å². The number of methoxy groups -OCH3 is 1. The highest BCUT2D eigenvalue weighted by molar-refractivity contribution is 7.07. The number of ether oxygens (including phenoxy) is 2. The predicted molar refractivity (Wildman–Crippen MR) is 142 cm³/mol. The Balaban J connectivity index is 1.56. The van der Waals surface area contributed by atoms with Crippen molar-refractivity contribution < 1.29 is 23.5 Å². The first-order chi connectivity index (χ1) is 18.4. The molecule has 1 aliphatic heterocycles. The van der Waals surface area contributed by atoms with Crippen LogP contribution in [-0.2, 0) is 14.3 Å². The Morgan fingerprint density at radius 3 is 2.47 bits per heavy atom. The van der Waals surface area contributed by atoms with E-state index in [0.717, 1.165) is 11.1 Å². The molecule has 1 aliphatic rings. The molecule has 0 radical (unpaired) electrons. The van der Waals surface area contributed by atoms with Crippen LogP contribution >= 0.6 is 11.3 Å². The number of carbonyl (C=O) groups is 2. The van der Waals surface area contributed by atoms with Crippen LogP contribution in [0.25, 0.3) is 17.4 Å². The van der Waals surface area contributed by atoms with Crippen molar-refractivity contribution in [2.24, 2.45) is 4.99 Å². The molecule has 4 aromatic rings. The number of hydrogen-bond donors (Lipinski definition) is 0. The summed E-state index contributed by atoms with van der Waals surface area (Å²) in [7, 11) is 1.33. The zero-order valence-corrected chi connectivity index (χ0v) is 21.8. The zero-order valence-electron chi connectivity index (χ0n) is 21.0. The van der Waals surface area contributed by atoms with E-state index in [2.05, 4.69) is 4.99 Å². The number of fused-ring (bicyclic) bond motifs is 1. The van der Waals surface area contributed by atoms with Crippen molar-refractivity contribution >= 4 is 29.4 Å². The molecule has 8 nitrogen and oxygen atoms in total. The lowest BCUT2D eigenvalue weighted by atomic mass is 9.96. The van der Waals surface area contributed by atoms with Crippen molar-refractivity contribution in [3.8, 4) is 11.3 Å². The molecule has 0 saturated carbocycles. The largest absolute Gasteiger partial charge is 0.465 e. The first-order valence-corrected chi connectivity index (χ1v) is 12.8. The molecule has 2 aromatic carbocycles. The van der Waals surface area contributed by atoms with E-state index in [-0.39, 0.29) is 12.2 Å². The second-order valence-corrected chi connectivity index (χ2v) is 9.49. The summed E-state index contributed by atoms with van der Waals surface area (Å²) < 4.78 is 18.0. The third-order valence-corrected chi connectivity index (χ3v) is 7.11. The maximum absolute atomic E-state index is 13.7. The molecule has 0 spiro atoms. The van der Waals surface area contributed by atoms with Crippen LogP contribution in [0.2, 0.25) is 0 Å². The number of rotatable bonds is 6. The number of aromatic nitrogens is 1. The van der Waals surface area contributed by atoms with Gasteiger partial charge in [-0.2, -0.15) is 0 Å². The fourth-order valence-corrected chi connectivity index (χ4v) is 5.37. The Morgan fingerprint density at radius 2 is 1.79 bits per heavy atom. The first kappa shape index (κ1) is 25.2. The number of thiazole rings is 1. The Labute approximate surface area is 221 Å². The van der Waals surface area contributed by atoms with Gasteiger partial charge in [-0.05, 0) is 43.7 Å². The molecule has 9 heteroatoms. The summed E-state index contributed by atoms with van der Waals surface area (Å²) in [4.78, 5) is 43.4. The number of benzene rings is 2. The molecule has 2 aromatic heterocycles. The van der Waals surface area contributed by atoms with E-state index in [1.807, 2.05) is 30.3 Å². The lowest BCUT2D eigenvalue weighted by Gasteiger charge is -2.24. The minimum absolute atomic E-state index is 0.216. The van der Waals surface area contributed by atoms with Crippen molar-refractivity contribution in [2.45, 2.75) is 19.9 Å². The Hall–Kier alpha value is -4.50. The molecule has 1 atom stereocenters. The van der Waals surface area contributed by atoms with Gasteiger partial charge in [0.25, 0.3) is 5.56 Å². The molecule has 0 amide bonds. The highest BCUT2D eigenvalue weighted by atomic mass is 32.1. The van der Waals surface area contributed by atoms with E-state index in [9.17, 15) is 14.4 Å². The monoisotopic (exact) mass is 528 g/mol. The fourth-order valence-electron chi connectivity index (χ4n) is 4.35. The summed E-state index contributed by atoms with van der Waals surface area (Å²) in [6, 6.07) is 19.1. The van der Waals surface area contributed by atoms with Gasteiger partial charge in [0, 0.05) is 11.6 Å². The molecule has 3 heterocycles. The summed E-state index contributed by atoms with van der Waals surface area (Å²) in [5.41, 5.74) is 2.58. The molecule has 0 unspecified atom stereocenters. The fraction of sp³-hybridized carbons (Fsp3) is 0.172. The SMILES string of the molecule is CCOC(=O)C1=C(C)N=c2s/c(=C\c3ccc(-c4ccc(C(=O)OC)cc4)o3)c(=O)n2[C@@H]1c1ccccc1. The number of furan rings is 1. The van der Waals surface area contributed by atoms with E-state index in [1.54, 1.807) is 60.9 Å². The molecule has 38 heavy (non-hydrogen) atoms. The van der Waals surface area contributed by atoms with Crippen molar-refractivity contribution in [1.29, 1.82) is 0 Å². The van der Waals surface area contributed by atoms with E-state index < -0.39 is 18.0 Å². The van der Waals surface area contributed by atoms with Gasteiger partial charge in [0.1, 0.15) is 11.5 Å². The summed E-state index contributed by atoms with van der Waals surface area (Å²) in [6.07, 6.45) is 1.67. The Morgan fingerprint density at radius 1 is 1.05 bits per heavy atom. The normalized spacial score (nSPS) is 15.1. The second-order valence-electron chi connectivity index (χ2n) is 8.48. The molecular weight excluding hydrogens is 504 g/mol. The summed E-state index contributed by atoms with van der Waals surface area (Å²) in [5, 5.41) is 0. The lowest BCUT2D eigenvalue weighted by Crippen LogP contribution is -2.39. The third-order valence-electron chi connectivity index (χ3n) is 6.12. The van der Waals surface area contributed by atoms with Crippen LogP contribution in [-0.4, -0.2) is 30.2 Å². The van der Waals surface area contributed by atoms with Gasteiger partial charge in [0.15, 0.2) is 4.80 Å². The van der Waals surface area contributed by atoms with Crippen LogP contribution in [0.5, 0.6) is 0 Å². The quantitative estimate of drug-likeness (QED) is 0.353. The third kappa shape index (κ3) is 4.64.